The minimum atomic E-state index is -1.94. The molecule has 0 heterocycles. The van der Waals surface area contributed by atoms with Gasteiger partial charge in [0, 0.05) is 0 Å². The van der Waals surface area contributed by atoms with Crippen LogP contribution < -0.4 is 4.74 Å². The Balaban J connectivity index is 2.88. The van der Waals surface area contributed by atoms with Crippen molar-refractivity contribution in [2.45, 2.75) is 13.0 Å². The van der Waals surface area contributed by atoms with Crippen molar-refractivity contribution >= 4 is 29.9 Å². The van der Waals surface area contributed by atoms with Crippen molar-refractivity contribution in [3.63, 3.8) is 0 Å². The number of benzene rings is 1. The molecular weight excluding hydrogens is 378 g/mol. The molecule has 0 aromatic heterocycles. The average Bonchev–Trinajstić information content (AvgIpc) is 2.38. The molecule has 0 spiro atoms. The summed E-state index contributed by atoms with van der Waals surface area (Å²) in [7, 11) is 14.7. The topological polar surface area (TPSA) is 38.8 Å². The first kappa shape index (κ1) is 16.6. The van der Waals surface area contributed by atoms with Crippen LogP contribution in [-0.4, -0.2) is 35.8 Å². The van der Waals surface area contributed by atoms with Gasteiger partial charge in [-0.25, -0.2) is 0 Å². The number of hydrogen-bond donors (Lipinski definition) is 0. The van der Waals surface area contributed by atoms with Gasteiger partial charge in [-0.15, -0.1) is 0 Å². The van der Waals surface area contributed by atoms with Crippen molar-refractivity contribution in [3.05, 3.63) is 29.8 Å². The second-order valence-electron chi connectivity index (χ2n) is 3.62. The number of hydrogen-bond acceptors (Lipinski definition) is 3. The molecule has 0 aliphatic carbocycles. The fraction of sp³-hybridized carbons (Fsp3) is 0.333. The fourth-order valence-electron chi connectivity index (χ4n) is 1.34. The van der Waals surface area contributed by atoms with E-state index in [0.717, 1.165) is 10.6 Å². The molecule has 0 N–H and O–H groups in total. The molecule has 0 saturated heterocycles. The van der Waals surface area contributed by atoms with Gasteiger partial charge in [0.15, 0.2) is 0 Å². The Labute approximate surface area is 125 Å². The monoisotopic (exact) mass is 393 g/mol. The summed E-state index contributed by atoms with van der Waals surface area (Å²) in [6, 6.07) is 7.30. The molecule has 1 unspecified atom stereocenters. The quantitative estimate of drug-likeness (QED) is 0.570. The molecule has 1 amide bonds. The Morgan fingerprint density at radius 2 is 2.05 bits per heavy atom. The number of hydroxylamine groups is 2. The molecule has 1 atom stereocenters. The van der Waals surface area contributed by atoms with Crippen LogP contribution in [0.15, 0.2) is 24.3 Å². The van der Waals surface area contributed by atoms with E-state index in [1.165, 1.54) is 14.2 Å². The van der Waals surface area contributed by atoms with E-state index in [-0.39, 0.29) is 5.91 Å². The Bertz CT molecular complexity index is 478. The molecule has 7 heteroatoms. The van der Waals surface area contributed by atoms with Crippen molar-refractivity contribution in [1.29, 1.82) is 0 Å². The number of ether oxygens (including phenoxy) is 1. The van der Waals surface area contributed by atoms with Gasteiger partial charge >= 0.3 is 126 Å². The minimum absolute atomic E-state index is 0.275. The van der Waals surface area contributed by atoms with Crippen LogP contribution in [0.5, 0.6) is 5.75 Å². The van der Waals surface area contributed by atoms with Gasteiger partial charge in [0.05, 0.1) is 0 Å². The zero-order valence-corrected chi connectivity index (χ0v) is 14.0. The number of amides is 1. The zero-order chi connectivity index (χ0) is 14.4. The van der Waals surface area contributed by atoms with Crippen LogP contribution in [0.2, 0.25) is 0 Å². The van der Waals surface area contributed by atoms with E-state index in [0.29, 0.717) is 5.75 Å². The summed E-state index contributed by atoms with van der Waals surface area (Å²) in [6.07, 6.45) is -0.661. The van der Waals surface area contributed by atoms with Crippen LogP contribution in [-0.2, 0) is 23.2 Å². The van der Waals surface area contributed by atoms with E-state index in [2.05, 4.69) is 0 Å². The molecule has 1 aromatic carbocycles. The summed E-state index contributed by atoms with van der Waals surface area (Å²) in [5.74, 6) is 0.302. The van der Waals surface area contributed by atoms with Gasteiger partial charge in [-0.05, 0) is 0 Å². The van der Waals surface area contributed by atoms with Gasteiger partial charge in [-0.3, -0.25) is 0 Å². The third-order valence-corrected chi connectivity index (χ3v) is 4.17. The number of carbonyl (C=O) groups is 1. The molecule has 19 heavy (non-hydrogen) atoms. The fourth-order valence-corrected chi connectivity index (χ4v) is 3.15. The normalized spacial score (nSPS) is 12.6. The molecule has 1 aromatic rings. The third-order valence-electron chi connectivity index (χ3n) is 2.34. The summed E-state index contributed by atoms with van der Waals surface area (Å²) in [6.45, 7) is 1.66. The van der Waals surface area contributed by atoms with Crippen molar-refractivity contribution < 1.29 is 27.9 Å². The average molecular weight is 393 g/mol. The SMILES string of the molecule is CON(C)C(=O)C(C)Oc1ccccc1[CH]=[Ru-2]([Cl])[Cl]. The Hall–Kier alpha value is -0.477. The number of likely N-dealkylation sites (N-methyl/N-ethyl adjacent to an activating group) is 1. The molecule has 0 aliphatic rings. The van der Waals surface area contributed by atoms with Gasteiger partial charge in [-0.2, -0.15) is 0 Å². The van der Waals surface area contributed by atoms with Gasteiger partial charge < -0.3 is 0 Å². The van der Waals surface area contributed by atoms with E-state index >= 15 is 0 Å². The molecule has 0 aliphatic heterocycles. The third kappa shape index (κ3) is 5.19. The summed E-state index contributed by atoms with van der Waals surface area (Å²) in [4.78, 5) is 16.7. The summed E-state index contributed by atoms with van der Waals surface area (Å²) in [5.41, 5.74) is 0.797. The summed E-state index contributed by atoms with van der Waals surface area (Å²) in [5, 5.41) is 1.12. The predicted molar refractivity (Wildman–Crippen MR) is 73.2 cm³/mol. The molecule has 0 fully saturated rings. The van der Waals surface area contributed by atoms with Crippen LogP contribution in [0.1, 0.15) is 12.5 Å². The molecule has 0 saturated carbocycles. The predicted octanol–water partition coefficient (Wildman–Crippen LogP) is 2.55. The van der Waals surface area contributed by atoms with Gasteiger partial charge in [-0.1, -0.05) is 0 Å². The van der Waals surface area contributed by atoms with Crippen molar-refractivity contribution in [3.8, 4) is 5.75 Å². The van der Waals surface area contributed by atoms with E-state index in [1.807, 2.05) is 18.2 Å². The molecule has 0 radical (unpaired) electrons. The first-order chi connectivity index (χ1) is 8.95. The van der Waals surface area contributed by atoms with Gasteiger partial charge in [0.2, 0.25) is 0 Å². The van der Waals surface area contributed by atoms with Crippen LogP contribution >= 0.6 is 19.4 Å². The first-order valence-corrected chi connectivity index (χ1v) is 10.8. The van der Waals surface area contributed by atoms with Crippen molar-refractivity contribution in [2.24, 2.45) is 0 Å². The summed E-state index contributed by atoms with van der Waals surface area (Å²) >= 11 is -1.94. The van der Waals surface area contributed by atoms with Gasteiger partial charge in [0.25, 0.3) is 0 Å². The van der Waals surface area contributed by atoms with Crippen LogP contribution in [0.4, 0.5) is 0 Å². The number of rotatable bonds is 5. The van der Waals surface area contributed by atoms with Crippen molar-refractivity contribution in [2.75, 3.05) is 14.2 Å². The maximum absolute atomic E-state index is 11.8. The Morgan fingerprint density at radius 3 is 2.63 bits per heavy atom. The number of para-hydroxylation sites is 1. The van der Waals surface area contributed by atoms with Crippen molar-refractivity contribution in [1.82, 2.24) is 5.06 Å². The molecule has 4 nitrogen and oxygen atoms in total. The van der Waals surface area contributed by atoms with Crippen LogP contribution in [0.3, 0.4) is 0 Å². The van der Waals surface area contributed by atoms with E-state index in [1.54, 1.807) is 17.6 Å². The van der Waals surface area contributed by atoms with Crippen LogP contribution in [0.25, 0.3) is 0 Å². The Kier molecular flexibility index (Phi) is 6.94. The molecule has 1 rings (SSSR count). The second kappa shape index (κ2) is 7.96. The molecule has 110 valence electrons. The van der Waals surface area contributed by atoms with E-state index in [4.69, 9.17) is 29.0 Å². The van der Waals surface area contributed by atoms with Crippen LogP contribution in [0, 0.1) is 0 Å². The molecular formula is C12H15Cl2NO3Ru-2. The van der Waals surface area contributed by atoms with E-state index in [9.17, 15) is 4.79 Å². The van der Waals surface area contributed by atoms with E-state index < -0.39 is 19.6 Å². The van der Waals surface area contributed by atoms with Gasteiger partial charge in [0.1, 0.15) is 0 Å². The summed E-state index contributed by atoms with van der Waals surface area (Å²) < 4.78 is 7.41. The Morgan fingerprint density at radius 1 is 1.42 bits per heavy atom. The maximum atomic E-state index is 11.8. The number of halogens is 2. The zero-order valence-electron chi connectivity index (χ0n) is 10.7. The number of carbonyl (C=O) groups excluding carboxylic acids is 1. The second-order valence-corrected chi connectivity index (χ2v) is 9.35. The number of nitrogens with zero attached hydrogens (tertiary/aromatic N) is 1. The first-order valence-electron chi connectivity index (χ1n) is 5.36. The standard InChI is InChI=1S/C12H15NO3.2ClH.Ru/c1-9-7-5-6-8-11(9)16-10(2)12(14)13(3)15-4;;;/h1,5-8,10H,2-4H3;2*1H;/p-2. The molecule has 0 bridgehead atoms.